The lowest BCUT2D eigenvalue weighted by atomic mass is 9.91. The van der Waals surface area contributed by atoms with Crippen molar-refractivity contribution in [3.63, 3.8) is 0 Å². The summed E-state index contributed by atoms with van der Waals surface area (Å²) in [5.74, 6) is 0. The second-order valence-corrected chi connectivity index (χ2v) is 7.26. The lowest BCUT2D eigenvalue weighted by molar-refractivity contribution is -0.107. The van der Waals surface area contributed by atoms with Gasteiger partial charge in [-0.15, -0.1) is 0 Å². The number of hydrogen-bond donors (Lipinski definition) is 1. The summed E-state index contributed by atoms with van der Waals surface area (Å²) in [5, 5.41) is 0.671. The molecule has 1 aliphatic heterocycles. The Morgan fingerprint density at radius 1 is 1.25 bits per heavy atom. The molecule has 2 N–H and O–H groups in total. The lowest BCUT2D eigenvalue weighted by Gasteiger charge is -2.24. The minimum atomic E-state index is 0.306. The summed E-state index contributed by atoms with van der Waals surface area (Å²) in [6.45, 7) is 6.70. The van der Waals surface area contributed by atoms with E-state index in [1.54, 1.807) is 0 Å². The average molecular weight is 394 g/mol. The standard InChI is InChI=1S/C23H24ClN3O/c1-15-21(18-7-9-19(24)10-8-18)20(11-14-28)16(2)26-23(15)22(25)17(3)27-12-5-4-6-13-27/h4-10,12,14H,11,13,25H2,1-3H3/b22-17-. The molecule has 0 aliphatic carbocycles. The van der Waals surface area contributed by atoms with Gasteiger partial charge < -0.3 is 15.4 Å². The van der Waals surface area contributed by atoms with E-state index in [1.165, 1.54) is 0 Å². The molecule has 144 valence electrons. The van der Waals surface area contributed by atoms with Crippen molar-refractivity contribution in [3.05, 3.63) is 81.9 Å². The highest BCUT2D eigenvalue weighted by molar-refractivity contribution is 6.30. The number of carbonyl (C=O) groups is 1. The molecule has 0 saturated carbocycles. The van der Waals surface area contributed by atoms with Crippen molar-refractivity contribution in [1.82, 2.24) is 9.88 Å². The predicted octanol–water partition coefficient (Wildman–Crippen LogP) is 4.79. The van der Waals surface area contributed by atoms with Crippen molar-refractivity contribution in [2.45, 2.75) is 27.2 Å². The largest absolute Gasteiger partial charge is 0.396 e. The van der Waals surface area contributed by atoms with Crippen LogP contribution in [-0.4, -0.2) is 22.7 Å². The van der Waals surface area contributed by atoms with E-state index in [0.29, 0.717) is 17.1 Å². The van der Waals surface area contributed by atoms with Crippen LogP contribution in [0, 0.1) is 13.8 Å². The lowest BCUT2D eigenvalue weighted by Crippen LogP contribution is -2.21. The number of carbonyl (C=O) groups excluding carboxylic acids is 1. The molecule has 2 aromatic rings. The summed E-state index contributed by atoms with van der Waals surface area (Å²) >= 11 is 6.07. The minimum Gasteiger partial charge on any atom is -0.396 e. The van der Waals surface area contributed by atoms with Gasteiger partial charge in [-0.3, -0.25) is 4.98 Å². The Hall–Kier alpha value is -2.85. The highest BCUT2D eigenvalue weighted by Crippen LogP contribution is 2.34. The molecule has 4 nitrogen and oxygen atoms in total. The zero-order chi connectivity index (χ0) is 20.3. The molecule has 0 atom stereocenters. The Morgan fingerprint density at radius 2 is 1.96 bits per heavy atom. The second-order valence-electron chi connectivity index (χ2n) is 6.82. The summed E-state index contributed by atoms with van der Waals surface area (Å²) in [5.41, 5.74) is 13.6. The van der Waals surface area contributed by atoms with E-state index in [9.17, 15) is 4.79 Å². The molecule has 0 bridgehead atoms. The number of nitrogens with zero attached hydrogens (tertiary/aromatic N) is 2. The van der Waals surface area contributed by atoms with Crippen molar-refractivity contribution in [1.29, 1.82) is 0 Å². The molecule has 1 aliphatic rings. The van der Waals surface area contributed by atoms with Gasteiger partial charge in [-0.2, -0.15) is 0 Å². The smallest absolute Gasteiger partial charge is 0.124 e. The summed E-state index contributed by atoms with van der Waals surface area (Å²) < 4.78 is 0. The van der Waals surface area contributed by atoms with Crippen LogP contribution in [0.3, 0.4) is 0 Å². The number of pyridine rings is 1. The van der Waals surface area contributed by atoms with Gasteiger partial charge in [-0.05, 0) is 61.2 Å². The SMILES string of the molecule is C/C(=C(/N)c1nc(C)c(CC=O)c(-c2ccc(Cl)cc2)c1C)N1C=CC=CC1. The monoisotopic (exact) mass is 393 g/mol. The number of hydrogen-bond acceptors (Lipinski definition) is 4. The molecule has 0 spiro atoms. The molecule has 5 heteroatoms. The van der Waals surface area contributed by atoms with Gasteiger partial charge in [0, 0.05) is 35.6 Å². The second kappa shape index (κ2) is 8.44. The molecule has 0 radical (unpaired) electrons. The van der Waals surface area contributed by atoms with Gasteiger partial charge >= 0.3 is 0 Å². The number of nitrogens with two attached hydrogens (primary N) is 1. The first-order valence-corrected chi connectivity index (χ1v) is 9.58. The minimum absolute atomic E-state index is 0.306. The molecule has 0 unspecified atom stereocenters. The van der Waals surface area contributed by atoms with E-state index in [-0.39, 0.29) is 0 Å². The van der Waals surface area contributed by atoms with Crippen LogP contribution >= 0.6 is 11.6 Å². The Morgan fingerprint density at radius 3 is 2.57 bits per heavy atom. The van der Waals surface area contributed by atoms with Crippen LogP contribution in [0.25, 0.3) is 16.8 Å². The van der Waals surface area contributed by atoms with Crippen LogP contribution in [0.1, 0.15) is 29.4 Å². The highest BCUT2D eigenvalue weighted by atomic mass is 35.5. The van der Waals surface area contributed by atoms with E-state index >= 15 is 0 Å². The summed E-state index contributed by atoms with van der Waals surface area (Å²) in [4.78, 5) is 18.2. The van der Waals surface area contributed by atoms with Crippen LogP contribution in [-0.2, 0) is 11.2 Å². The fourth-order valence-electron chi connectivity index (χ4n) is 3.49. The first kappa shape index (κ1) is 19.9. The van der Waals surface area contributed by atoms with Gasteiger partial charge in [-0.25, -0.2) is 0 Å². The van der Waals surface area contributed by atoms with Crippen LogP contribution in [0.4, 0.5) is 0 Å². The van der Waals surface area contributed by atoms with Gasteiger partial charge in [-0.1, -0.05) is 35.9 Å². The number of aromatic nitrogens is 1. The Kier molecular flexibility index (Phi) is 6.00. The van der Waals surface area contributed by atoms with Gasteiger partial charge in [0.1, 0.15) is 6.29 Å². The Balaban J connectivity index is 2.20. The van der Waals surface area contributed by atoms with E-state index in [2.05, 4.69) is 11.0 Å². The fourth-order valence-corrected chi connectivity index (χ4v) is 3.62. The molecule has 2 heterocycles. The third-order valence-corrected chi connectivity index (χ3v) is 5.31. The molecule has 28 heavy (non-hydrogen) atoms. The number of rotatable bonds is 5. The summed E-state index contributed by atoms with van der Waals surface area (Å²) in [6.07, 6.45) is 9.30. The zero-order valence-electron chi connectivity index (χ0n) is 16.4. The number of halogens is 1. The summed E-state index contributed by atoms with van der Waals surface area (Å²) in [7, 11) is 0. The van der Waals surface area contributed by atoms with Crippen LogP contribution in [0.15, 0.2) is 54.4 Å². The maximum absolute atomic E-state index is 11.3. The van der Waals surface area contributed by atoms with Crippen LogP contribution < -0.4 is 5.73 Å². The van der Waals surface area contributed by atoms with Crippen LogP contribution in [0.5, 0.6) is 0 Å². The predicted molar refractivity (Wildman–Crippen MR) is 116 cm³/mol. The molecule has 1 aromatic heterocycles. The van der Waals surface area contributed by atoms with E-state index < -0.39 is 0 Å². The maximum atomic E-state index is 11.3. The highest BCUT2D eigenvalue weighted by Gasteiger charge is 2.19. The van der Waals surface area contributed by atoms with E-state index in [1.807, 2.05) is 63.4 Å². The van der Waals surface area contributed by atoms with Crippen molar-refractivity contribution >= 4 is 23.6 Å². The number of aryl methyl sites for hydroxylation is 1. The normalized spacial score (nSPS) is 14.2. The quantitative estimate of drug-likeness (QED) is 0.741. The molecule has 3 rings (SSSR count). The zero-order valence-corrected chi connectivity index (χ0v) is 17.1. The van der Waals surface area contributed by atoms with Crippen molar-refractivity contribution in [2.75, 3.05) is 6.54 Å². The van der Waals surface area contributed by atoms with Gasteiger partial charge in [0.2, 0.25) is 0 Å². The molecule has 0 saturated heterocycles. The molecular weight excluding hydrogens is 370 g/mol. The topological polar surface area (TPSA) is 59.2 Å². The number of allylic oxidation sites excluding steroid dienone is 3. The maximum Gasteiger partial charge on any atom is 0.124 e. The van der Waals surface area contributed by atoms with Crippen LogP contribution in [0.2, 0.25) is 5.02 Å². The molecular formula is C23H24ClN3O. The van der Waals surface area contributed by atoms with Crippen molar-refractivity contribution in [2.24, 2.45) is 5.73 Å². The van der Waals surface area contributed by atoms with Gasteiger partial charge in [0.05, 0.1) is 11.4 Å². The third-order valence-electron chi connectivity index (χ3n) is 5.06. The first-order valence-electron chi connectivity index (χ1n) is 9.20. The fraction of sp³-hybridized carbons (Fsp3) is 0.217. The average Bonchev–Trinajstić information content (AvgIpc) is 2.71. The first-order chi connectivity index (χ1) is 13.4. The van der Waals surface area contributed by atoms with E-state index in [0.717, 1.165) is 52.2 Å². The summed E-state index contributed by atoms with van der Waals surface area (Å²) in [6, 6.07) is 7.64. The Labute approximate surface area is 171 Å². The van der Waals surface area contributed by atoms with Gasteiger partial charge in [0.25, 0.3) is 0 Å². The van der Waals surface area contributed by atoms with Crippen molar-refractivity contribution < 1.29 is 4.79 Å². The third kappa shape index (κ3) is 3.87. The van der Waals surface area contributed by atoms with Crippen molar-refractivity contribution in [3.8, 4) is 11.1 Å². The molecule has 0 fully saturated rings. The number of aldehydes is 1. The van der Waals surface area contributed by atoms with E-state index in [4.69, 9.17) is 22.3 Å². The van der Waals surface area contributed by atoms with Gasteiger partial charge in [0.15, 0.2) is 0 Å². The Bertz CT molecular complexity index is 988. The number of benzene rings is 1. The molecule has 1 aromatic carbocycles. The molecule has 0 amide bonds.